The van der Waals surface area contributed by atoms with Gasteiger partial charge in [-0.05, 0) is 19.1 Å². The molecular formula is C14H16F3NO5. The molecular weight excluding hydrogens is 319 g/mol. The van der Waals surface area contributed by atoms with Gasteiger partial charge in [-0.2, -0.15) is 13.2 Å². The number of carbonyl (C=O) groups excluding carboxylic acids is 2. The molecule has 0 aliphatic carbocycles. The summed E-state index contributed by atoms with van der Waals surface area (Å²) in [5.41, 5.74) is -3.76. The zero-order valence-electron chi connectivity index (χ0n) is 12.4. The van der Waals surface area contributed by atoms with E-state index in [-0.39, 0.29) is 12.3 Å². The number of ether oxygens (including phenoxy) is 2. The summed E-state index contributed by atoms with van der Waals surface area (Å²) in [6.45, 7) is 0.916. The van der Waals surface area contributed by atoms with Gasteiger partial charge in [0.2, 0.25) is 5.91 Å². The monoisotopic (exact) mass is 335 g/mol. The molecule has 0 unspecified atom stereocenters. The van der Waals surface area contributed by atoms with E-state index in [9.17, 15) is 27.9 Å². The molecule has 2 N–H and O–H groups in total. The Morgan fingerprint density at radius 2 is 1.96 bits per heavy atom. The number of anilines is 1. The minimum Gasteiger partial charge on any atom is -0.497 e. The smallest absolute Gasteiger partial charge is 0.428 e. The number of aliphatic hydroxyl groups is 1. The highest BCUT2D eigenvalue weighted by atomic mass is 19.4. The molecule has 0 aromatic heterocycles. The second-order valence-electron chi connectivity index (χ2n) is 4.54. The van der Waals surface area contributed by atoms with Gasteiger partial charge in [0.05, 0.1) is 20.1 Å². The summed E-state index contributed by atoms with van der Waals surface area (Å²) in [5, 5.41) is 11.8. The van der Waals surface area contributed by atoms with Crippen molar-refractivity contribution in [2.75, 3.05) is 19.0 Å². The van der Waals surface area contributed by atoms with Crippen LogP contribution in [-0.2, 0) is 14.3 Å². The molecule has 0 radical (unpaired) electrons. The summed E-state index contributed by atoms with van der Waals surface area (Å²) in [5.74, 6) is -2.75. The topological polar surface area (TPSA) is 84.9 Å². The second-order valence-corrected chi connectivity index (χ2v) is 4.54. The molecule has 1 atom stereocenters. The Morgan fingerprint density at radius 1 is 1.30 bits per heavy atom. The normalized spacial score (nSPS) is 13.8. The molecule has 9 heteroatoms. The van der Waals surface area contributed by atoms with Crippen LogP contribution in [0.5, 0.6) is 5.75 Å². The number of esters is 1. The van der Waals surface area contributed by atoms with Crippen molar-refractivity contribution in [1.29, 1.82) is 0 Å². The van der Waals surface area contributed by atoms with E-state index >= 15 is 0 Å². The third-order valence-corrected chi connectivity index (χ3v) is 2.85. The Bertz CT molecular complexity index is 576. The first-order valence-electron chi connectivity index (χ1n) is 6.54. The molecule has 0 aliphatic heterocycles. The van der Waals surface area contributed by atoms with Crippen molar-refractivity contribution in [2.45, 2.75) is 25.1 Å². The number of alkyl halides is 3. The molecule has 6 nitrogen and oxygen atoms in total. The van der Waals surface area contributed by atoms with E-state index < -0.39 is 30.1 Å². The Kier molecular flexibility index (Phi) is 5.97. The van der Waals surface area contributed by atoms with Crippen molar-refractivity contribution < 1.29 is 37.3 Å². The summed E-state index contributed by atoms with van der Waals surface area (Å²) in [6.07, 6.45) is -6.88. The molecule has 23 heavy (non-hydrogen) atoms. The highest BCUT2D eigenvalue weighted by Gasteiger charge is 2.61. The van der Waals surface area contributed by atoms with E-state index in [1.165, 1.54) is 32.2 Å². The average molecular weight is 335 g/mol. The molecule has 0 saturated heterocycles. The van der Waals surface area contributed by atoms with Crippen molar-refractivity contribution >= 4 is 17.6 Å². The van der Waals surface area contributed by atoms with E-state index in [0.29, 0.717) is 5.75 Å². The Balaban J connectivity index is 2.91. The van der Waals surface area contributed by atoms with Gasteiger partial charge in [0.1, 0.15) is 5.75 Å². The summed E-state index contributed by atoms with van der Waals surface area (Å²) in [7, 11) is 1.38. The van der Waals surface area contributed by atoms with Crippen molar-refractivity contribution in [2.24, 2.45) is 0 Å². The lowest BCUT2D eigenvalue weighted by Gasteiger charge is -2.27. The maximum atomic E-state index is 12.9. The van der Waals surface area contributed by atoms with Crippen molar-refractivity contribution in [3.05, 3.63) is 24.3 Å². The van der Waals surface area contributed by atoms with Crippen LogP contribution in [0.15, 0.2) is 24.3 Å². The zero-order valence-corrected chi connectivity index (χ0v) is 12.4. The molecule has 1 aromatic rings. The minimum atomic E-state index is -5.36. The molecule has 0 spiro atoms. The maximum absolute atomic E-state index is 12.9. The van der Waals surface area contributed by atoms with Crippen LogP contribution in [0.3, 0.4) is 0 Å². The average Bonchev–Trinajstić information content (AvgIpc) is 2.46. The van der Waals surface area contributed by atoms with Gasteiger partial charge in [-0.15, -0.1) is 0 Å². The van der Waals surface area contributed by atoms with Gasteiger partial charge in [0, 0.05) is 11.8 Å². The fraction of sp³-hybridized carbons (Fsp3) is 0.429. The van der Waals surface area contributed by atoms with E-state index in [4.69, 9.17) is 4.74 Å². The number of methoxy groups -OCH3 is 1. The molecule has 0 aliphatic rings. The van der Waals surface area contributed by atoms with Crippen molar-refractivity contribution in [3.8, 4) is 5.75 Å². The molecule has 0 bridgehead atoms. The third-order valence-electron chi connectivity index (χ3n) is 2.85. The first-order chi connectivity index (χ1) is 10.6. The van der Waals surface area contributed by atoms with Gasteiger partial charge in [0.25, 0.3) is 5.60 Å². The number of benzene rings is 1. The van der Waals surface area contributed by atoms with Gasteiger partial charge in [0.15, 0.2) is 0 Å². The van der Waals surface area contributed by atoms with Crippen LogP contribution in [0.4, 0.5) is 18.9 Å². The lowest BCUT2D eigenvalue weighted by molar-refractivity contribution is -0.262. The number of hydrogen-bond acceptors (Lipinski definition) is 5. The Morgan fingerprint density at radius 3 is 2.48 bits per heavy atom. The Hall–Kier alpha value is -2.29. The number of carbonyl (C=O) groups is 2. The van der Waals surface area contributed by atoms with Crippen molar-refractivity contribution in [3.63, 3.8) is 0 Å². The van der Waals surface area contributed by atoms with Gasteiger partial charge in [-0.25, -0.2) is 4.79 Å². The van der Waals surface area contributed by atoms with Crippen LogP contribution in [-0.4, -0.2) is 42.5 Å². The largest absolute Gasteiger partial charge is 0.497 e. The minimum absolute atomic E-state index is 0.155. The second kappa shape index (κ2) is 7.32. The molecule has 1 aromatic carbocycles. The summed E-state index contributed by atoms with van der Waals surface area (Å²) in [6, 6.07) is 5.86. The van der Waals surface area contributed by atoms with Gasteiger partial charge in [-0.1, -0.05) is 6.07 Å². The predicted molar refractivity (Wildman–Crippen MR) is 73.9 cm³/mol. The Labute approximate surface area is 130 Å². The van der Waals surface area contributed by atoms with Crippen LogP contribution in [0, 0.1) is 0 Å². The number of amides is 1. The zero-order chi connectivity index (χ0) is 17.7. The highest BCUT2D eigenvalue weighted by Crippen LogP contribution is 2.34. The first-order valence-corrected chi connectivity index (χ1v) is 6.54. The van der Waals surface area contributed by atoms with Crippen molar-refractivity contribution in [1.82, 2.24) is 0 Å². The summed E-state index contributed by atoms with van der Waals surface area (Å²) in [4.78, 5) is 23.2. The lowest BCUT2D eigenvalue weighted by atomic mass is 9.98. The van der Waals surface area contributed by atoms with Crippen LogP contribution in [0.2, 0.25) is 0 Å². The number of rotatable bonds is 6. The van der Waals surface area contributed by atoms with E-state index in [2.05, 4.69) is 10.1 Å². The van der Waals surface area contributed by atoms with E-state index in [0.717, 1.165) is 0 Å². The van der Waals surface area contributed by atoms with Gasteiger partial charge in [-0.3, -0.25) is 4.79 Å². The SMILES string of the molecule is CCOC(=O)[C@](O)(CC(=O)Nc1cccc(OC)c1)C(F)(F)F. The van der Waals surface area contributed by atoms with Crippen LogP contribution in [0.25, 0.3) is 0 Å². The standard InChI is InChI=1S/C14H16F3NO5/c1-3-23-12(20)13(21,14(15,16)17)8-11(19)18-9-5-4-6-10(7-9)22-2/h4-7,21H,3,8H2,1-2H3,(H,18,19)/t13-/m1/s1. The first kappa shape index (κ1) is 18.8. The third kappa shape index (κ3) is 4.59. The number of nitrogens with one attached hydrogen (secondary N) is 1. The molecule has 1 amide bonds. The lowest BCUT2D eigenvalue weighted by Crippen LogP contribution is -2.54. The molecule has 0 heterocycles. The van der Waals surface area contributed by atoms with Gasteiger partial charge >= 0.3 is 12.1 Å². The number of hydrogen-bond donors (Lipinski definition) is 2. The van der Waals surface area contributed by atoms with E-state index in [1.807, 2.05) is 0 Å². The number of halogens is 3. The van der Waals surface area contributed by atoms with Crippen LogP contribution >= 0.6 is 0 Å². The summed E-state index contributed by atoms with van der Waals surface area (Å²) >= 11 is 0. The molecule has 0 fully saturated rings. The van der Waals surface area contributed by atoms with Crippen LogP contribution in [0.1, 0.15) is 13.3 Å². The predicted octanol–water partition coefficient (Wildman–Crippen LogP) is 1.88. The fourth-order valence-corrected chi connectivity index (χ4v) is 1.68. The van der Waals surface area contributed by atoms with Crippen LogP contribution < -0.4 is 10.1 Å². The highest BCUT2D eigenvalue weighted by molar-refractivity contribution is 5.96. The molecule has 1 rings (SSSR count). The fourth-order valence-electron chi connectivity index (χ4n) is 1.68. The quantitative estimate of drug-likeness (QED) is 0.776. The van der Waals surface area contributed by atoms with E-state index in [1.54, 1.807) is 6.07 Å². The molecule has 0 saturated carbocycles. The maximum Gasteiger partial charge on any atom is 0.428 e. The summed E-state index contributed by atoms with van der Waals surface area (Å²) < 4.78 is 48.0. The molecule has 128 valence electrons. The van der Waals surface area contributed by atoms with Gasteiger partial charge < -0.3 is 19.9 Å².